The number of halogens is 1. The molecule has 4 nitrogen and oxygen atoms in total. The number of hydrogen-bond acceptors (Lipinski definition) is 3. The first kappa shape index (κ1) is 17.8. The van der Waals surface area contributed by atoms with E-state index in [-0.39, 0.29) is 11.7 Å². The van der Waals surface area contributed by atoms with Crippen LogP contribution >= 0.6 is 0 Å². The van der Waals surface area contributed by atoms with Crippen molar-refractivity contribution in [3.8, 4) is 11.5 Å². The van der Waals surface area contributed by atoms with E-state index in [4.69, 9.17) is 9.47 Å². The first-order chi connectivity index (χ1) is 11.6. The average molecular weight is 331 g/mol. The Morgan fingerprint density at radius 2 is 1.96 bits per heavy atom. The molecule has 0 bridgehead atoms. The van der Waals surface area contributed by atoms with E-state index in [1.807, 2.05) is 38.1 Å². The van der Waals surface area contributed by atoms with Crippen molar-refractivity contribution >= 4 is 5.91 Å². The number of rotatable bonds is 8. The molecular formula is C19H22FNO3. The van der Waals surface area contributed by atoms with Gasteiger partial charge in [-0.05, 0) is 43.2 Å². The molecule has 2 rings (SSSR count). The molecular weight excluding hydrogens is 309 g/mol. The Morgan fingerprint density at radius 3 is 2.67 bits per heavy atom. The van der Waals surface area contributed by atoms with E-state index in [0.29, 0.717) is 19.6 Å². The second-order valence-corrected chi connectivity index (χ2v) is 5.24. The molecule has 5 heteroatoms. The van der Waals surface area contributed by atoms with Gasteiger partial charge < -0.3 is 14.8 Å². The lowest BCUT2D eigenvalue weighted by atomic mass is 10.2. The predicted octanol–water partition coefficient (Wildman–Crippen LogP) is 3.70. The molecule has 0 aliphatic rings. The summed E-state index contributed by atoms with van der Waals surface area (Å²) in [5.41, 5.74) is 0.926. The van der Waals surface area contributed by atoms with Crippen LogP contribution in [0.5, 0.6) is 11.5 Å². The van der Waals surface area contributed by atoms with Crippen molar-refractivity contribution in [3.05, 3.63) is 59.9 Å². The van der Waals surface area contributed by atoms with Gasteiger partial charge in [-0.25, -0.2) is 4.39 Å². The standard InChI is InChI=1S/C19H22FNO3/c1-3-17(24-18-11-6-5-10-16(18)20)19(22)21-13-14-8-7-9-15(12-14)23-4-2/h5-12,17H,3-4,13H2,1-2H3,(H,21,22). The molecule has 0 heterocycles. The van der Waals surface area contributed by atoms with Crippen molar-refractivity contribution in [1.29, 1.82) is 0 Å². The highest BCUT2D eigenvalue weighted by Crippen LogP contribution is 2.18. The zero-order valence-electron chi connectivity index (χ0n) is 13.9. The van der Waals surface area contributed by atoms with E-state index in [2.05, 4.69) is 5.32 Å². The Bertz CT molecular complexity index is 675. The maximum atomic E-state index is 13.6. The minimum atomic E-state index is -0.739. The van der Waals surface area contributed by atoms with Crippen LogP contribution in [0.2, 0.25) is 0 Å². The van der Waals surface area contributed by atoms with E-state index in [0.717, 1.165) is 11.3 Å². The van der Waals surface area contributed by atoms with Crippen LogP contribution in [0.25, 0.3) is 0 Å². The summed E-state index contributed by atoms with van der Waals surface area (Å²) in [7, 11) is 0. The predicted molar refractivity (Wildman–Crippen MR) is 90.6 cm³/mol. The van der Waals surface area contributed by atoms with Crippen molar-refractivity contribution in [2.45, 2.75) is 32.9 Å². The number of amides is 1. The number of hydrogen-bond donors (Lipinski definition) is 1. The first-order valence-electron chi connectivity index (χ1n) is 8.04. The van der Waals surface area contributed by atoms with E-state index in [1.54, 1.807) is 12.1 Å². The molecule has 0 saturated heterocycles. The molecule has 1 atom stereocenters. The molecule has 0 aromatic heterocycles. The van der Waals surface area contributed by atoms with Gasteiger partial charge in [0.2, 0.25) is 0 Å². The third-order valence-corrected chi connectivity index (χ3v) is 3.45. The number of benzene rings is 2. The van der Waals surface area contributed by atoms with Crippen LogP contribution in [0, 0.1) is 5.82 Å². The number of carbonyl (C=O) groups is 1. The number of nitrogens with one attached hydrogen (secondary N) is 1. The third kappa shape index (κ3) is 4.98. The van der Waals surface area contributed by atoms with Crippen LogP contribution in [0.4, 0.5) is 4.39 Å². The maximum Gasteiger partial charge on any atom is 0.261 e. The second kappa shape index (κ2) is 8.91. The van der Waals surface area contributed by atoms with Gasteiger partial charge in [-0.2, -0.15) is 0 Å². The van der Waals surface area contributed by atoms with Crippen LogP contribution in [0.15, 0.2) is 48.5 Å². The van der Waals surface area contributed by atoms with Crippen molar-refractivity contribution in [2.24, 2.45) is 0 Å². The molecule has 128 valence electrons. The normalized spacial score (nSPS) is 11.6. The lowest BCUT2D eigenvalue weighted by molar-refractivity contribution is -0.128. The molecule has 0 aliphatic carbocycles. The Morgan fingerprint density at radius 1 is 1.17 bits per heavy atom. The van der Waals surface area contributed by atoms with Gasteiger partial charge in [0.15, 0.2) is 17.7 Å². The molecule has 0 saturated carbocycles. The molecule has 1 unspecified atom stereocenters. The van der Waals surface area contributed by atoms with Crippen LogP contribution < -0.4 is 14.8 Å². The van der Waals surface area contributed by atoms with E-state index in [1.165, 1.54) is 12.1 Å². The molecule has 1 amide bonds. The third-order valence-electron chi connectivity index (χ3n) is 3.45. The van der Waals surface area contributed by atoms with Crippen LogP contribution in [-0.4, -0.2) is 18.6 Å². The summed E-state index contributed by atoms with van der Waals surface area (Å²) in [6.07, 6.45) is -0.295. The van der Waals surface area contributed by atoms with E-state index >= 15 is 0 Å². The zero-order valence-corrected chi connectivity index (χ0v) is 13.9. The van der Waals surface area contributed by atoms with Gasteiger partial charge >= 0.3 is 0 Å². The Balaban J connectivity index is 1.94. The molecule has 0 radical (unpaired) electrons. The molecule has 0 spiro atoms. The summed E-state index contributed by atoms with van der Waals surface area (Å²) in [6.45, 7) is 4.68. The number of ether oxygens (including phenoxy) is 2. The van der Waals surface area contributed by atoms with Gasteiger partial charge in [0, 0.05) is 6.54 Å². The van der Waals surface area contributed by atoms with Crippen molar-refractivity contribution in [2.75, 3.05) is 6.61 Å². The van der Waals surface area contributed by atoms with Gasteiger partial charge in [-0.15, -0.1) is 0 Å². The summed E-state index contributed by atoms with van der Waals surface area (Å²) in [5, 5.41) is 2.82. The minimum absolute atomic E-state index is 0.0813. The SMILES string of the molecule is CCOc1cccc(CNC(=O)C(CC)Oc2ccccc2F)c1. The molecule has 2 aromatic carbocycles. The largest absolute Gasteiger partial charge is 0.494 e. The van der Waals surface area contributed by atoms with Gasteiger partial charge in [0.05, 0.1) is 6.61 Å². The maximum absolute atomic E-state index is 13.6. The van der Waals surface area contributed by atoms with Crippen LogP contribution in [-0.2, 0) is 11.3 Å². The summed E-state index contributed by atoms with van der Waals surface area (Å²) in [4.78, 5) is 12.3. The Kier molecular flexibility index (Phi) is 6.61. The lowest BCUT2D eigenvalue weighted by Gasteiger charge is -2.17. The quantitative estimate of drug-likeness (QED) is 0.802. The van der Waals surface area contributed by atoms with Gasteiger partial charge in [-0.1, -0.05) is 31.2 Å². The van der Waals surface area contributed by atoms with E-state index < -0.39 is 11.9 Å². The molecule has 0 aliphatic heterocycles. The fraction of sp³-hybridized carbons (Fsp3) is 0.316. The summed E-state index contributed by atoms with van der Waals surface area (Å²) < 4.78 is 24.6. The van der Waals surface area contributed by atoms with Crippen LogP contribution in [0.1, 0.15) is 25.8 Å². The average Bonchev–Trinajstić information content (AvgIpc) is 2.59. The molecule has 24 heavy (non-hydrogen) atoms. The second-order valence-electron chi connectivity index (χ2n) is 5.24. The van der Waals surface area contributed by atoms with Crippen molar-refractivity contribution < 1.29 is 18.7 Å². The van der Waals surface area contributed by atoms with Gasteiger partial charge in [0.1, 0.15) is 5.75 Å². The molecule has 2 aromatic rings. The summed E-state index contributed by atoms with van der Waals surface area (Å²) in [6, 6.07) is 13.6. The highest BCUT2D eigenvalue weighted by molar-refractivity contribution is 5.81. The highest BCUT2D eigenvalue weighted by atomic mass is 19.1. The minimum Gasteiger partial charge on any atom is -0.494 e. The van der Waals surface area contributed by atoms with Gasteiger partial charge in [0.25, 0.3) is 5.91 Å². The zero-order chi connectivity index (χ0) is 17.4. The smallest absolute Gasteiger partial charge is 0.261 e. The summed E-state index contributed by atoms with van der Waals surface area (Å²) in [5.74, 6) is 0.0903. The number of carbonyl (C=O) groups excluding carboxylic acids is 1. The Hall–Kier alpha value is -2.56. The summed E-state index contributed by atoms with van der Waals surface area (Å²) >= 11 is 0. The van der Waals surface area contributed by atoms with E-state index in [9.17, 15) is 9.18 Å². The van der Waals surface area contributed by atoms with Crippen LogP contribution in [0.3, 0.4) is 0 Å². The molecule has 1 N–H and O–H groups in total. The lowest BCUT2D eigenvalue weighted by Crippen LogP contribution is -2.37. The van der Waals surface area contributed by atoms with Gasteiger partial charge in [-0.3, -0.25) is 4.79 Å². The van der Waals surface area contributed by atoms with Crippen molar-refractivity contribution in [1.82, 2.24) is 5.32 Å². The first-order valence-corrected chi connectivity index (χ1v) is 8.04. The fourth-order valence-corrected chi connectivity index (χ4v) is 2.23. The van der Waals surface area contributed by atoms with Crippen molar-refractivity contribution in [3.63, 3.8) is 0 Å². The Labute approximate surface area is 141 Å². The topological polar surface area (TPSA) is 47.6 Å². The highest BCUT2D eigenvalue weighted by Gasteiger charge is 2.19. The number of para-hydroxylation sites is 1. The molecule has 0 fully saturated rings. The monoisotopic (exact) mass is 331 g/mol. The fourth-order valence-electron chi connectivity index (χ4n) is 2.23.